The average Bonchev–Trinajstić information content (AvgIpc) is 2.64. The molecule has 2 aliphatic carbocycles. The van der Waals surface area contributed by atoms with Crippen LogP contribution in [0.25, 0.3) is 0 Å². The number of hydrogen-bond acceptors (Lipinski definition) is 0. The summed E-state index contributed by atoms with van der Waals surface area (Å²) in [5.41, 5.74) is 2.59. The molecule has 0 spiro atoms. The van der Waals surface area contributed by atoms with Crippen LogP contribution in [0.1, 0.15) is 52.4 Å². The first-order valence-corrected chi connectivity index (χ1v) is 6.27. The Balaban J connectivity index is 0.000000284. The van der Waals surface area contributed by atoms with Gasteiger partial charge in [0.25, 0.3) is 0 Å². The second-order valence-electron chi connectivity index (χ2n) is 4.31. The molecule has 2 rings (SSSR count). The number of allylic oxidation sites excluding steroid dienone is 8. The van der Waals surface area contributed by atoms with Crippen molar-refractivity contribution in [2.45, 2.75) is 52.4 Å². The van der Waals surface area contributed by atoms with Crippen LogP contribution >= 0.6 is 0 Å². The number of hydrogen-bond donors (Lipinski definition) is 0. The smallest absolute Gasteiger partial charge is 0.272 e. The van der Waals surface area contributed by atoms with Crippen molar-refractivity contribution >= 4 is 0 Å². The predicted octanol–water partition coefficient (Wildman–Crippen LogP) is 4.95. The molecular weight excluding hydrogens is 293 g/mol. The van der Waals surface area contributed by atoms with E-state index >= 15 is 0 Å². The standard InChI is InChI=1S/2C8H11.Ru/c2*1-8-6-4-2-3-5-7-8;/h2*4,6H,2-3,5H2,1H3;/q2*-1;+2. The van der Waals surface area contributed by atoms with E-state index in [0.29, 0.717) is 0 Å². The topological polar surface area (TPSA) is 0 Å². The van der Waals surface area contributed by atoms with Crippen molar-refractivity contribution in [3.8, 4) is 0 Å². The molecule has 0 aromatic rings. The van der Waals surface area contributed by atoms with E-state index in [2.05, 4.69) is 50.3 Å². The second kappa shape index (κ2) is 10.7. The quantitative estimate of drug-likeness (QED) is 0.438. The van der Waals surface area contributed by atoms with Crippen LogP contribution in [0.15, 0.2) is 35.5 Å². The molecule has 0 aromatic carbocycles. The molecule has 1 heteroatoms. The fourth-order valence-electron chi connectivity index (χ4n) is 1.65. The summed E-state index contributed by atoms with van der Waals surface area (Å²) < 4.78 is 0. The molecular formula is C16H22Ru. The van der Waals surface area contributed by atoms with Crippen LogP contribution < -0.4 is 0 Å². The molecule has 0 aliphatic heterocycles. The molecule has 0 atom stereocenters. The van der Waals surface area contributed by atoms with Crippen LogP contribution in [0.2, 0.25) is 0 Å². The maximum Gasteiger partial charge on any atom is 2.00 e. The Bertz CT molecular complexity index is 273. The van der Waals surface area contributed by atoms with E-state index in [0.717, 1.165) is 12.8 Å². The Morgan fingerprint density at radius 2 is 1.24 bits per heavy atom. The molecule has 0 radical (unpaired) electrons. The first kappa shape index (κ1) is 16.6. The van der Waals surface area contributed by atoms with E-state index in [1.165, 1.54) is 36.8 Å². The summed E-state index contributed by atoms with van der Waals surface area (Å²) in [5.74, 6) is 0. The zero-order chi connectivity index (χ0) is 11.6. The molecule has 0 bridgehead atoms. The van der Waals surface area contributed by atoms with Gasteiger partial charge in [-0.05, 0) is 0 Å². The summed E-state index contributed by atoms with van der Waals surface area (Å²) in [5, 5.41) is 0. The Kier molecular flexibility index (Phi) is 10.5. The van der Waals surface area contributed by atoms with Gasteiger partial charge in [0.05, 0.1) is 0 Å². The van der Waals surface area contributed by atoms with Crippen LogP contribution in [0.5, 0.6) is 0 Å². The molecule has 0 fully saturated rings. The molecule has 0 aromatic heterocycles. The average molecular weight is 315 g/mol. The SMILES string of the molecule is CC1=[C-]CCCC=C1.CC1=[C-]CCCC=C1.[Ru+2]. The third-order valence-corrected chi connectivity index (χ3v) is 2.64. The summed E-state index contributed by atoms with van der Waals surface area (Å²) in [6.45, 7) is 4.20. The van der Waals surface area contributed by atoms with E-state index in [-0.39, 0.29) is 19.5 Å². The summed E-state index contributed by atoms with van der Waals surface area (Å²) in [7, 11) is 0. The van der Waals surface area contributed by atoms with E-state index in [1.807, 2.05) is 0 Å². The maximum atomic E-state index is 3.27. The van der Waals surface area contributed by atoms with E-state index in [4.69, 9.17) is 0 Å². The maximum absolute atomic E-state index is 3.27. The largest absolute Gasteiger partial charge is 2.00 e. The van der Waals surface area contributed by atoms with Crippen molar-refractivity contribution in [1.29, 1.82) is 0 Å². The van der Waals surface area contributed by atoms with Crippen molar-refractivity contribution in [3.63, 3.8) is 0 Å². The van der Waals surface area contributed by atoms with Gasteiger partial charge in [0.1, 0.15) is 0 Å². The predicted molar refractivity (Wildman–Crippen MR) is 70.8 cm³/mol. The number of rotatable bonds is 0. The van der Waals surface area contributed by atoms with Crippen molar-refractivity contribution in [1.82, 2.24) is 0 Å². The molecule has 2 aliphatic rings. The minimum Gasteiger partial charge on any atom is -0.272 e. The molecule has 0 nitrogen and oxygen atoms in total. The summed E-state index contributed by atoms with van der Waals surface area (Å²) in [4.78, 5) is 0. The summed E-state index contributed by atoms with van der Waals surface area (Å²) in [6.07, 6.45) is 22.5. The van der Waals surface area contributed by atoms with Gasteiger partial charge in [0.15, 0.2) is 0 Å². The zero-order valence-corrected chi connectivity index (χ0v) is 12.6. The Labute approximate surface area is 119 Å². The molecule has 0 amide bonds. The van der Waals surface area contributed by atoms with Gasteiger partial charge in [-0.2, -0.15) is 12.2 Å². The van der Waals surface area contributed by atoms with Crippen LogP contribution in [0.3, 0.4) is 0 Å². The minimum atomic E-state index is 0. The molecule has 0 saturated heterocycles. The van der Waals surface area contributed by atoms with Gasteiger partial charge >= 0.3 is 19.5 Å². The third-order valence-electron chi connectivity index (χ3n) is 2.64. The summed E-state index contributed by atoms with van der Waals surface area (Å²) in [6, 6.07) is 0. The van der Waals surface area contributed by atoms with Gasteiger partial charge in [0, 0.05) is 0 Å². The van der Waals surface area contributed by atoms with Gasteiger partial charge in [0.2, 0.25) is 0 Å². The first-order valence-electron chi connectivity index (χ1n) is 6.27. The summed E-state index contributed by atoms with van der Waals surface area (Å²) >= 11 is 0. The van der Waals surface area contributed by atoms with Crippen molar-refractivity contribution < 1.29 is 19.5 Å². The first-order chi connectivity index (χ1) is 7.79. The molecule has 0 heterocycles. The van der Waals surface area contributed by atoms with Crippen molar-refractivity contribution in [2.24, 2.45) is 0 Å². The molecule has 17 heavy (non-hydrogen) atoms. The van der Waals surface area contributed by atoms with Gasteiger partial charge in [-0.25, -0.2) is 23.3 Å². The van der Waals surface area contributed by atoms with Crippen LogP contribution in [0, 0.1) is 12.2 Å². The van der Waals surface area contributed by atoms with E-state index in [9.17, 15) is 0 Å². The minimum absolute atomic E-state index is 0. The van der Waals surface area contributed by atoms with Crippen LogP contribution in [0.4, 0.5) is 0 Å². The normalized spacial score (nSPS) is 18.7. The molecule has 94 valence electrons. The second-order valence-corrected chi connectivity index (χ2v) is 4.31. The fraction of sp³-hybridized carbons (Fsp3) is 0.500. The molecule has 0 saturated carbocycles. The third kappa shape index (κ3) is 9.30. The van der Waals surface area contributed by atoms with Crippen LogP contribution in [-0.2, 0) is 19.5 Å². The van der Waals surface area contributed by atoms with Gasteiger partial charge in [-0.3, -0.25) is 12.2 Å². The monoisotopic (exact) mass is 316 g/mol. The fourth-order valence-corrected chi connectivity index (χ4v) is 1.65. The Hall–Kier alpha value is -0.417. The van der Waals surface area contributed by atoms with Gasteiger partial charge in [-0.1, -0.05) is 39.5 Å². The molecule has 0 N–H and O–H groups in total. The Morgan fingerprint density at radius 3 is 1.65 bits per heavy atom. The van der Waals surface area contributed by atoms with Crippen LogP contribution in [-0.4, -0.2) is 0 Å². The van der Waals surface area contributed by atoms with Gasteiger partial charge in [-0.15, -0.1) is 12.8 Å². The Morgan fingerprint density at radius 1 is 0.824 bits per heavy atom. The molecule has 0 unspecified atom stereocenters. The van der Waals surface area contributed by atoms with E-state index < -0.39 is 0 Å². The van der Waals surface area contributed by atoms with Crippen molar-refractivity contribution in [3.05, 3.63) is 47.6 Å². The van der Waals surface area contributed by atoms with E-state index in [1.54, 1.807) is 0 Å². The zero-order valence-electron chi connectivity index (χ0n) is 10.9. The van der Waals surface area contributed by atoms with Crippen molar-refractivity contribution in [2.75, 3.05) is 0 Å². The van der Waals surface area contributed by atoms with Gasteiger partial charge < -0.3 is 0 Å².